The largest absolute Gasteiger partial charge is 0.0654 e. The van der Waals surface area contributed by atoms with E-state index >= 15 is 0 Å². The Morgan fingerprint density at radius 2 is 0.571 bits per heavy atom. The summed E-state index contributed by atoms with van der Waals surface area (Å²) in [5.41, 5.74) is 0. The van der Waals surface area contributed by atoms with Gasteiger partial charge in [-0.05, 0) is 6.42 Å². The fourth-order valence-corrected chi connectivity index (χ4v) is 4.28. The first-order valence-corrected chi connectivity index (χ1v) is 13.7. The summed E-state index contributed by atoms with van der Waals surface area (Å²) in [5, 5.41) is 0. The fourth-order valence-electron chi connectivity index (χ4n) is 4.28. The predicted octanol–water partition coefficient (Wildman–Crippen LogP) is 11.0. The van der Waals surface area contributed by atoms with E-state index in [1.54, 1.807) is 0 Å². The summed E-state index contributed by atoms with van der Waals surface area (Å²) >= 11 is 0. The second kappa shape index (κ2) is 27.0. The summed E-state index contributed by atoms with van der Waals surface area (Å²) in [6.07, 6.45) is 38.9. The molecule has 169 valence electrons. The molecule has 0 saturated heterocycles. The second-order valence-corrected chi connectivity index (χ2v) is 9.26. The molecule has 0 heterocycles. The lowest BCUT2D eigenvalue weighted by Gasteiger charge is -2.04. The van der Waals surface area contributed by atoms with Gasteiger partial charge < -0.3 is 0 Å². The van der Waals surface area contributed by atoms with Gasteiger partial charge in [0.15, 0.2) is 0 Å². The molecule has 1 radical (unpaired) electrons. The highest BCUT2D eigenvalue weighted by atomic mass is 14.0. The molecule has 0 saturated carbocycles. The quantitative estimate of drug-likeness (QED) is 0.135. The van der Waals surface area contributed by atoms with Crippen molar-refractivity contribution in [2.45, 2.75) is 174 Å². The van der Waals surface area contributed by atoms with Crippen molar-refractivity contribution in [2.75, 3.05) is 0 Å². The molecule has 28 heavy (non-hydrogen) atoms. The SMILES string of the molecule is CC[CH]CCCCCCCCCCCCCCCCCCCCCCCCC. The Morgan fingerprint density at radius 3 is 0.821 bits per heavy atom. The molecule has 0 unspecified atom stereocenters. The van der Waals surface area contributed by atoms with Gasteiger partial charge in [-0.25, -0.2) is 0 Å². The number of unbranched alkanes of at least 4 members (excludes halogenated alkanes) is 25. The Kier molecular flexibility index (Phi) is 27.0. The van der Waals surface area contributed by atoms with Crippen LogP contribution in [0.25, 0.3) is 0 Å². The maximum Gasteiger partial charge on any atom is -0.0389 e. The Balaban J connectivity index is 2.96. The molecule has 0 N–H and O–H groups in total. The van der Waals surface area contributed by atoms with Gasteiger partial charge in [-0.2, -0.15) is 0 Å². The lowest BCUT2D eigenvalue weighted by molar-refractivity contribution is 0.518. The van der Waals surface area contributed by atoms with E-state index in [4.69, 9.17) is 0 Å². The van der Waals surface area contributed by atoms with E-state index in [0.717, 1.165) is 0 Å². The van der Waals surface area contributed by atoms with E-state index in [1.807, 2.05) is 0 Å². The maximum absolute atomic E-state index is 2.43. The van der Waals surface area contributed by atoms with Crippen molar-refractivity contribution in [1.29, 1.82) is 0 Å². The van der Waals surface area contributed by atoms with Crippen LogP contribution in [0.4, 0.5) is 0 Å². The van der Waals surface area contributed by atoms with Gasteiger partial charge in [-0.3, -0.25) is 0 Å². The van der Waals surface area contributed by atoms with E-state index in [9.17, 15) is 0 Å². The normalized spacial score (nSPS) is 11.4. The summed E-state index contributed by atoms with van der Waals surface area (Å²) in [6.45, 7) is 4.55. The molecule has 0 aliphatic carbocycles. The van der Waals surface area contributed by atoms with Crippen LogP contribution < -0.4 is 0 Å². The van der Waals surface area contributed by atoms with Crippen LogP contribution in [0.15, 0.2) is 0 Å². The molecule has 0 aromatic carbocycles. The first-order chi connectivity index (χ1) is 13.9. The molecule has 0 rings (SSSR count). The molecule has 0 aliphatic heterocycles. The molecule has 0 fully saturated rings. The van der Waals surface area contributed by atoms with Crippen LogP contribution in [-0.4, -0.2) is 0 Å². The standard InChI is InChI=1S/C28H57/c1-3-5-7-9-11-13-15-17-19-21-23-25-27-28-26-24-22-20-18-16-14-12-10-8-6-4-2/h5H,3-4,6-28H2,1-2H3. The van der Waals surface area contributed by atoms with Crippen molar-refractivity contribution in [3.8, 4) is 0 Å². The van der Waals surface area contributed by atoms with Gasteiger partial charge in [0, 0.05) is 0 Å². The monoisotopic (exact) mass is 393 g/mol. The van der Waals surface area contributed by atoms with Crippen molar-refractivity contribution >= 4 is 0 Å². The van der Waals surface area contributed by atoms with Crippen LogP contribution in [0.2, 0.25) is 0 Å². The molecule has 0 nitrogen and oxygen atoms in total. The summed E-state index contributed by atoms with van der Waals surface area (Å²) in [4.78, 5) is 0. The van der Waals surface area contributed by atoms with Gasteiger partial charge in [0.05, 0.1) is 0 Å². The highest BCUT2D eigenvalue weighted by Gasteiger charge is 1.96. The zero-order chi connectivity index (χ0) is 20.4. The van der Waals surface area contributed by atoms with Crippen molar-refractivity contribution in [1.82, 2.24) is 0 Å². The summed E-state index contributed by atoms with van der Waals surface area (Å²) < 4.78 is 0. The highest BCUT2D eigenvalue weighted by Crippen LogP contribution is 2.15. The number of hydrogen-bond donors (Lipinski definition) is 0. The number of rotatable bonds is 25. The smallest absolute Gasteiger partial charge is 0.0389 e. The summed E-state index contributed by atoms with van der Waals surface area (Å²) in [6, 6.07) is 0. The van der Waals surface area contributed by atoms with Gasteiger partial charge >= 0.3 is 0 Å². The second-order valence-electron chi connectivity index (χ2n) is 9.26. The van der Waals surface area contributed by atoms with E-state index in [2.05, 4.69) is 20.3 Å². The van der Waals surface area contributed by atoms with Crippen molar-refractivity contribution in [2.24, 2.45) is 0 Å². The Labute approximate surface area is 181 Å². The van der Waals surface area contributed by atoms with Crippen molar-refractivity contribution in [3.63, 3.8) is 0 Å². The maximum atomic E-state index is 2.43. The summed E-state index contributed by atoms with van der Waals surface area (Å²) in [5.74, 6) is 0. The third-order valence-corrected chi connectivity index (χ3v) is 6.30. The average Bonchev–Trinajstić information content (AvgIpc) is 2.71. The van der Waals surface area contributed by atoms with E-state index in [1.165, 1.54) is 161 Å². The van der Waals surface area contributed by atoms with Gasteiger partial charge in [-0.1, -0.05) is 174 Å². The van der Waals surface area contributed by atoms with Gasteiger partial charge in [0.1, 0.15) is 0 Å². The highest BCUT2D eigenvalue weighted by molar-refractivity contribution is 4.60. The molecule has 0 aliphatic rings. The lowest BCUT2D eigenvalue weighted by atomic mass is 10.0. The Hall–Kier alpha value is 0. The third-order valence-electron chi connectivity index (χ3n) is 6.30. The third kappa shape index (κ3) is 26.0. The first kappa shape index (κ1) is 28.0. The first-order valence-electron chi connectivity index (χ1n) is 13.7. The van der Waals surface area contributed by atoms with Crippen molar-refractivity contribution in [3.05, 3.63) is 6.42 Å². The minimum atomic E-state index is 1.25. The van der Waals surface area contributed by atoms with Crippen LogP contribution >= 0.6 is 0 Å². The average molecular weight is 394 g/mol. The molecular weight excluding hydrogens is 336 g/mol. The molecule has 0 aromatic heterocycles. The lowest BCUT2D eigenvalue weighted by Crippen LogP contribution is -1.84. The van der Waals surface area contributed by atoms with Crippen LogP contribution in [0.1, 0.15) is 174 Å². The predicted molar refractivity (Wildman–Crippen MR) is 131 cm³/mol. The topological polar surface area (TPSA) is 0 Å². The Bertz CT molecular complexity index is 218. The minimum Gasteiger partial charge on any atom is -0.0654 e. The van der Waals surface area contributed by atoms with E-state index < -0.39 is 0 Å². The summed E-state index contributed by atoms with van der Waals surface area (Å²) in [7, 11) is 0. The molecule has 0 atom stereocenters. The minimum absolute atomic E-state index is 1.25. The van der Waals surface area contributed by atoms with E-state index in [0.29, 0.717) is 0 Å². The molecule has 0 heteroatoms. The molecule has 0 amide bonds. The molecular formula is C28H57. The zero-order valence-electron chi connectivity index (χ0n) is 20.3. The fraction of sp³-hybridized carbons (Fsp3) is 0.964. The Morgan fingerprint density at radius 1 is 0.321 bits per heavy atom. The van der Waals surface area contributed by atoms with E-state index in [-0.39, 0.29) is 0 Å². The van der Waals surface area contributed by atoms with Gasteiger partial charge in [-0.15, -0.1) is 0 Å². The molecule has 0 aromatic rings. The zero-order valence-corrected chi connectivity index (χ0v) is 20.3. The van der Waals surface area contributed by atoms with Gasteiger partial charge in [0.2, 0.25) is 0 Å². The molecule has 0 bridgehead atoms. The van der Waals surface area contributed by atoms with Crippen LogP contribution in [0.3, 0.4) is 0 Å². The van der Waals surface area contributed by atoms with Crippen LogP contribution in [-0.2, 0) is 0 Å². The van der Waals surface area contributed by atoms with Crippen molar-refractivity contribution < 1.29 is 0 Å². The van der Waals surface area contributed by atoms with Crippen LogP contribution in [0.5, 0.6) is 0 Å². The molecule has 0 spiro atoms. The van der Waals surface area contributed by atoms with Crippen LogP contribution in [0, 0.1) is 6.42 Å². The van der Waals surface area contributed by atoms with Gasteiger partial charge in [0.25, 0.3) is 0 Å². The number of hydrogen-bond acceptors (Lipinski definition) is 0.